The summed E-state index contributed by atoms with van der Waals surface area (Å²) in [4.78, 5) is 0. The third-order valence-electron chi connectivity index (χ3n) is 4.01. The first-order valence-corrected chi connectivity index (χ1v) is 7.79. The predicted octanol–water partition coefficient (Wildman–Crippen LogP) is 3.85. The maximum absolute atomic E-state index is 10.6. The number of rotatable bonds is 5. The molecule has 0 aliphatic heterocycles. The molecule has 2 N–H and O–H groups in total. The lowest BCUT2D eigenvalue weighted by molar-refractivity contribution is -0.0286. The Morgan fingerprint density at radius 1 is 1.14 bits per heavy atom. The Hall–Kier alpha value is -1.30. The summed E-state index contributed by atoms with van der Waals surface area (Å²) in [6, 6.07) is 8.09. The third kappa shape index (κ3) is 5.53. The van der Waals surface area contributed by atoms with E-state index < -0.39 is 11.2 Å². The van der Waals surface area contributed by atoms with Crippen molar-refractivity contribution in [2.45, 2.75) is 71.0 Å². The van der Waals surface area contributed by atoms with Crippen LogP contribution in [-0.4, -0.2) is 21.4 Å². The first-order valence-electron chi connectivity index (χ1n) is 7.79. The fourth-order valence-electron chi connectivity index (χ4n) is 2.18. The van der Waals surface area contributed by atoms with E-state index in [-0.39, 0.29) is 6.42 Å². The van der Waals surface area contributed by atoms with Crippen molar-refractivity contribution < 1.29 is 10.2 Å². The predicted molar refractivity (Wildman–Crippen MR) is 88.2 cm³/mol. The maximum atomic E-state index is 10.6. The van der Waals surface area contributed by atoms with E-state index in [1.807, 2.05) is 26.0 Å². The Labute approximate surface area is 129 Å². The van der Waals surface area contributed by atoms with Crippen LogP contribution in [0.2, 0.25) is 0 Å². The van der Waals surface area contributed by atoms with Gasteiger partial charge in [0.05, 0.1) is 5.60 Å². The summed E-state index contributed by atoms with van der Waals surface area (Å²) in [6.45, 7) is 9.84. The van der Waals surface area contributed by atoms with E-state index in [0.29, 0.717) is 18.8 Å². The second kappa shape index (κ2) is 7.11. The molecule has 1 aromatic rings. The average molecular weight is 288 g/mol. The van der Waals surface area contributed by atoms with Crippen molar-refractivity contribution >= 4 is 0 Å². The zero-order valence-corrected chi connectivity index (χ0v) is 13.9. The monoisotopic (exact) mass is 288 g/mol. The highest BCUT2D eigenvalue weighted by molar-refractivity contribution is 5.39. The van der Waals surface area contributed by atoms with Crippen LogP contribution in [0.3, 0.4) is 0 Å². The molecule has 21 heavy (non-hydrogen) atoms. The molecule has 2 atom stereocenters. The van der Waals surface area contributed by atoms with Gasteiger partial charge in [-0.1, -0.05) is 51.7 Å². The normalized spacial score (nSPS) is 16.8. The highest BCUT2D eigenvalue weighted by Gasteiger charge is 2.32. The summed E-state index contributed by atoms with van der Waals surface area (Å²) in [5.74, 6) is 6.49. The van der Waals surface area contributed by atoms with Gasteiger partial charge in [-0.2, -0.15) is 0 Å². The number of hydrogen-bond donors (Lipinski definition) is 2. The van der Waals surface area contributed by atoms with Crippen LogP contribution in [0.25, 0.3) is 0 Å². The summed E-state index contributed by atoms with van der Waals surface area (Å²) in [6.07, 6.45) is 1.36. The molecule has 0 saturated carbocycles. The second-order valence-corrected chi connectivity index (χ2v) is 6.44. The van der Waals surface area contributed by atoms with E-state index in [0.717, 1.165) is 5.56 Å². The number of hydrogen-bond acceptors (Lipinski definition) is 2. The van der Waals surface area contributed by atoms with Gasteiger partial charge in [0, 0.05) is 12.0 Å². The van der Waals surface area contributed by atoms with E-state index in [2.05, 4.69) is 37.8 Å². The number of benzene rings is 1. The van der Waals surface area contributed by atoms with E-state index in [4.69, 9.17) is 0 Å². The minimum Gasteiger partial charge on any atom is -0.390 e. The zero-order valence-electron chi connectivity index (χ0n) is 13.9. The van der Waals surface area contributed by atoms with E-state index in [1.54, 1.807) is 6.92 Å². The smallest absolute Gasteiger partial charge is 0.128 e. The first-order chi connectivity index (χ1) is 9.71. The van der Waals surface area contributed by atoms with E-state index in [1.165, 1.54) is 5.56 Å². The lowest BCUT2D eigenvalue weighted by Gasteiger charge is -2.30. The van der Waals surface area contributed by atoms with Gasteiger partial charge in [0.15, 0.2) is 0 Å². The molecule has 1 aromatic carbocycles. The topological polar surface area (TPSA) is 40.5 Å². The molecule has 0 fully saturated rings. The third-order valence-corrected chi connectivity index (χ3v) is 4.01. The Kier molecular flexibility index (Phi) is 6.01. The minimum atomic E-state index is -1.15. The fourth-order valence-corrected chi connectivity index (χ4v) is 2.18. The quantitative estimate of drug-likeness (QED) is 0.808. The molecule has 0 heterocycles. The van der Waals surface area contributed by atoms with Gasteiger partial charge in [-0.05, 0) is 43.4 Å². The Morgan fingerprint density at radius 2 is 1.81 bits per heavy atom. The van der Waals surface area contributed by atoms with E-state index >= 15 is 0 Å². The van der Waals surface area contributed by atoms with Crippen LogP contribution in [0.1, 0.15) is 70.9 Å². The van der Waals surface area contributed by atoms with Crippen molar-refractivity contribution in [3.8, 4) is 11.8 Å². The largest absolute Gasteiger partial charge is 0.390 e. The Balaban J connectivity index is 2.99. The summed E-state index contributed by atoms with van der Waals surface area (Å²) in [7, 11) is 0. The SMILES string of the molecule is CCC(C)(O)CC(O)(C#Cc1cccc(C(C)C)c1)CC. The van der Waals surface area contributed by atoms with E-state index in [9.17, 15) is 10.2 Å². The maximum Gasteiger partial charge on any atom is 0.128 e. The Morgan fingerprint density at radius 3 is 2.33 bits per heavy atom. The van der Waals surface area contributed by atoms with Gasteiger partial charge in [0.1, 0.15) is 5.60 Å². The molecule has 0 radical (unpaired) electrons. The van der Waals surface area contributed by atoms with Gasteiger partial charge in [0.2, 0.25) is 0 Å². The summed E-state index contributed by atoms with van der Waals surface area (Å²) in [5, 5.41) is 20.8. The molecule has 116 valence electrons. The summed E-state index contributed by atoms with van der Waals surface area (Å²) < 4.78 is 0. The molecule has 0 aromatic heterocycles. The number of aliphatic hydroxyl groups is 2. The second-order valence-electron chi connectivity index (χ2n) is 6.44. The molecule has 0 aliphatic carbocycles. The molecule has 2 unspecified atom stereocenters. The molecule has 0 amide bonds. The molecule has 2 heteroatoms. The van der Waals surface area contributed by atoms with Crippen LogP contribution >= 0.6 is 0 Å². The van der Waals surface area contributed by atoms with Gasteiger partial charge in [-0.25, -0.2) is 0 Å². The molecular formula is C19H28O2. The van der Waals surface area contributed by atoms with Gasteiger partial charge >= 0.3 is 0 Å². The fraction of sp³-hybridized carbons (Fsp3) is 0.579. The van der Waals surface area contributed by atoms with Crippen LogP contribution in [0, 0.1) is 11.8 Å². The van der Waals surface area contributed by atoms with Crippen molar-refractivity contribution in [1.82, 2.24) is 0 Å². The Bertz CT molecular complexity index is 520. The summed E-state index contributed by atoms with van der Waals surface area (Å²) in [5.41, 5.74) is 0.110. The molecule has 0 aliphatic rings. The standard InChI is InChI=1S/C19H28O2/c1-6-18(5,20)14-19(21,7-2)12-11-16-9-8-10-17(13-16)15(3)4/h8-10,13,15,20-21H,6-7,14H2,1-5H3. The molecule has 0 spiro atoms. The zero-order chi connectivity index (χ0) is 16.1. The molecular weight excluding hydrogens is 260 g/mol. The van der Waals surface area contributed by atoms with Crippen molar-refractivity contribution in [3.05, 3.63) is 35.4 Å². The van der Waals surface area contributed by atoms with Crippen LogP contribution in [-0.2, 0) is 0 Å². The van der Waals surface area contributed by atoms with Gasteiger partial charge in [0.25, 0.3) is 0 Å². The van der Waals surface area contributed by atoms with Crippen molar-refractivity contribution in [2.75, 3.05) is 0 Å². The summed E-state index contributed by atoms with van der Waals surface area (Å²) >= 11 is 0. The minimum absolute atomic E-state index is 0.268. The van der Waals surface area contributed by atoms with Crippen molar-refractivity contribution in [2.24, 2.45) is 0 Å². The molecule has 1 rings (SSSR count). The van der Waals surface area contributed by atoms with Crippen LogP contribution in [0.4, 0.5) is 0 Å². The van der Waals surface area contributed by atoms with Crippen LogP contribution < -0.4 is 0 Å². The highest BCUT2D eigenvalue weighted by atomic mass is 16.3. The highest BCUT2D eigenvalue weighted by Crippen LogP contribution is 2.25. The molecule has 2 nitrogen and oxygen atoms in total. The van der Waals surface area contributed by atoms with Gasteiger partial charge < -0.3 is 10.2 Å². The molecule has 0 saturated heterocycles. The first kappa shape index (κ1) is 17.8. The van der Waals surface area contributed by atoms with Crippen molar-refractivity contribution in [3.63, 3.8) is 0 Å². The lowest BCUT2D eigenvalue weighted by Crippen LogP contribution is -2.37. The van der Waals surface area contributed by atoms with Crippen LogP contribution in [0.5, 0.6) is 0 Å². The van der Waals surface area contributed by atoms with Crippen molar-refractivity contribution in [1.29, 1.82) is 0 Å². The van der Waals surface area contributed by atoms with Crippen LogP contribution in [0.15, 0.2) is 24.3 Å². The van der Waals surface area contributed by atoms with Gasteiger partial charge in [-0.3, -0.25) is 0 Å². The van der Waals surface area contributed by atoms with Gasteiger partial charge in [-0.15, -0.1) is 0 Å². The molecule has 0 bridgehead atoms. The average Bonchev–Trinajstić information content (AvgIpc) is 2.45. The lowest BCUT2D eigenvalue weighted by atomic mass is 9.85.